The average molecular weight is 470 g/mol. The van der Waals surface area contributed by atoms with Gasteiger partial charge in [0.1, 0.15) is 0 Å². The third-order valence-electron chi connectivity index (χ3n) is 11.7. The summed E-state index contributed by atoms with van der Waals surface area (Å²) in [5.74, 6) is 3.46. The minimum absolute atomic E-state index is 0.0252. The molecule has 2 saturated heterocycles. The van der Waals surface area contributed by atoms with Crippen molar-refractivity contribution in [3.05, 3.63) is 22.8 Å². The van der Waals surface area contributed by atoms with Gasteiger partial charge in [-0.15, -0.1) is 0 Å². The molecule has 2 heterocycles. The van der Waals surface area contributed by atoms with Crippen molar-refractivity contribution in [2.24, 2.45) is 35.0 Å². The van der Waals surface area contributed by atoms with Crippen LogP contribution in [0.25, 0.3) is 0 Å². The predicted molar refractivity (Wildman–Crippen MR) is 135 cm³/mol. The van der Waals surface area contributed by atoms with Gasteiger partial charge in [-0.1, -0.05) is 43.6 Å². The maximum absolute atomic E-state index is 10.3. The SMILES string of the molecule is CC1=C2C[C@H]3[C@@H](CCC4=CC(O)CCC43C)[C@@H]2CC[C@@]2(C1)OC1C[C@H](C)CN(CCO)[C@H]1[C@H]2C. The highest BCUT2D eigenvalue weighted by molar-refractivity contribution is 5.33. The Balaban J connectivity index is 1.28. The molecule has 0 aromatic heterocycles. The number of likely N-dealkylation sites (tertiary alicyclic amines) is 1. The zero-order chi connectivity index (χ0) is 23.8. The van der Waals surface area contributed by atoms with Gasteiger partial charge in [-0.3, -0.25) is 4.90 Å². The Bertz CT molecular complexity index is 880. The Kier molecular flexibility index (Phi) is 5.88. The highest BCUT2D eigenvalue weighted by Crippen LogP contribution is 2.64. The third kappa shape index (κ3) is 3.45. The molecular weight excluding hydrogens is 422 g/mol. The molecule has 0 radical (unpaired) electrons. The lowest BCUT2D eigenvalue weighted by molar-refractivity contribution is -0.0799. The van der Waals surface area contributed by atoms with Gasteiger partial charge in [0.2, 0.25) is 0 Å². The van der Waals surface area contributed by atoms with Gasteiger partial charge < -0.3 is 14.9 Å². The second kappa shape index (κ2) is 8.43. The lowest BCUT2D eigenvalue weighted by Gasteiger charge is -2.49. The van der Waals surface area contributed by atoms with Gasteiger partial charge in [-0.05, 0) is 93.8 Å². The van der Waals surface area contributed by atoms with E-state index in [1.165, 1.54) is 38.5 Å². The number of ether oxygens (including phenoxy) is 1. The fourth-order valence-corrected chi connectivity index (χ4v) is 10.0. The van der Waals surface area contributed by atoms with Gasteiger partial charge in [0, 0.05) is 25.0 Å². The molecule has 190 valence electrons. The topological polar surface area (TPSA) is 52.9 Å². The van der Waals surface area contributed by atoms with E-state index < -0.39 is 0 Å². The molecule has 2 saturated carbocycles. The normalized spacial score (nSPS) is 50.9. The predicted octanol–water partition coefficient (Wildman–Crippen LogP) is 5.10. The minimum atomic E-state index is -0.218. The van der Waals surface area contributed by atoms with Crippen LogP contribution in [0.4, 0.5) is 0 Å². The van der Waals surface area contributed by atoms with E-state index in [4.69, 9.17) is 4.74 Å². The van der Waals surface area contributed by atoms with Crippen molar-refractivity contribution >= 4 is 0 Å². The maximum Gasteiger partial charge on any atom is 0.0765 e. The zero-order valence-corrected chi connectivity index (χ0v) is 21.9. The third-order valence-corrected chi connectivity index (χ3v) is 11.7. The number of β-amino-alcohol motifs (C(OH)–C–C–N with tert-alkyl or cyclic N) is 1. The van der Waals surface area contributed by atoms with Crippen molar-refractivity contribution in [3.8, 4) is 0 Å². The first kappa shape index (κ1) is 23.7. The summed E-state index contributed by atoms with van der Waals surface area (Å²) in [5.41, 5.74) is 5.25. The Morgan fingerprint density at radius 1 is 1.18 bits per heavy atom. The number of piperidine rings is 1. The highest BCUT2D eigenvalue weighted by atomic mass is 16.5. The van der Waals surface area contributed by atoms with E-state index in [2.05, 4.69) is 38.7 Å². The molecule has 10 atom stereocenters. The van der Waals surface area contributed by atoms with Crippen LogP contribution in [0.1, 0.15) is 85.5 Å². The van der Waals surface area contributed by atoms with Crippen molar-refractivity contribution < 1.29 is 14.9 Å². The van der Waals surface area contributed by atoms with Crippen LogP contribution in [-0.2, 0) is 4.74 Å². The standard InChI is InChI=1S/C30H47NO3/c1-18-13-27-28(31(17-18)11-12-32)20(3)30(34-27)10-8-23-24-6-5-21-14-22(33)7-9-29(21,4)26(24)15-25(23)19(2)16-30/h14,18,20,22-24,26-28,32-33H,5-13,15-17H2,1-4H3/t18-,20+,22?,23-,24-,26-,27?,28-,29?,30-/m0/s1. The summed E-state index contributed by atoms with van der Waals surface area (Å²) >= 11 is 0. The molecule has 34 heavy (non-hydrogen) atoms. The van der Waals surface area contributed by atoms with Crippen LogP contribution in [-0.4, -0.2) is 58.7 Å². The highest BCUT2D eigenvalue weighted by Gasteiger charge is 2.59. The number of hydrogen-bond donors (Lipinski definition) is 2. The molecule has 0 aromatic carbocycles. The fourth-order valence-electron chi connectivity index (χ4n) is 10.0. The number of allylic oxidation sites excluding steroid dienone is 2. The second-order valence-electron chi connectivity index (χ2n) is 13.4. The number of rotatable bonds is 2. The van der Waals surface area contributed by atoms with E-state index in [1.807, 2.05) is 0 Å². The molecule has 3 unspecified atom stereocenters. The number of aliphatic hydroxyl groups is 2. The van der Waals surface area contributed by atoms with Gasteiger partial charge in [0.25, 0.3) is 0 Å². The van der Waals surface area contributed by atoms with Crippen LogP contribution in [0, 0.1) is 35.0 Å². The van der Waals surface area contributed by atoms with Gasteiger partial charge in [-0.25, -0.2) is 0 Å². The molecule has 4 aliphatic carbocycles. The number of hydrogen-bond acceptors (Lipinski definition) is 4. The van der Waals surface area contributed by atoms with Gasteiger partial charge in [-0.2, -0.15) is 0 Å². The summed E-state index contributed by atoms with van der Waals surface area (Å²) in [6.45, 7) is 11.9. The molecule has 4 heteroatoms. The molecule has 6 aliphatic rings. The average Bonchev–Trinajstić information content (AvgIpc) is 3.25. The first-order valence-corrected chi connectivity index (χ1v) is 14.4. The van der Waals surface area contributed by atoms with Crippen molar-refractivity contribution in [2.45, 2.75) is 109 Å². The largest absolute Gasteiger partial charge is 0.395 e. The molecule has 4 nitrogen and oxygen atoms in total. The van der Waals surface area contributed by atoms with Crippen molar-refractivity contribution in [1.82, 2.24) is 4.90 Å². The smallest absolute Gasteiger partial charge is 0.0765 e. The van der Waals surface area contributed by atoms with E-state index in [9.17, 15) is 10.2 Å². The van der Waals surface area contributed by atoms with Crippen molar-refractivity contribution in [1.29, 1.82) is 0 Å². The van der Waals surface area contributed by atoms with Crippen molar-refractivity contribution in [3.63, 3.8) is 0 Å². The molecule has 2 aliphatic heterocycles. The monoisotopic (exact) mass is 469 g/mol. The summed E-state index contributed by atoms with van der Waals surface area (Å²) in [6.07, 6.45) is 12.9. The van der Waals surface area contributed by atoms with Crippen LogP contribution in [0.15, 0.2) is 22.8 Å². The Morgan fingerprint density at radius 3 is 2.79 bits per heavy atom. The van der Waals surface area contributed by atoms with Crippen LogP contribution >= 0.6 is 0 Å². The minimum Gasteiger partial charge on any atom is -0.395 e. The van der Waals surface area contributed by atoms with Gasteiger partial charge >= 0.3 is 0 Å². The fraction of sp³-hybridized carbons (Fsp3) is 0.867. The second-order valence-corrected chi connectivity index (χ2v) is 13.4. The molecule has 6 rings (SSSR count). The van der Waals surface area contributed by atoms with Gasteiger partial charge in [0.15, 0.2) is 0 Å². The lowest BCUT2D eigenvalue weighted by Crippen LogP contribution is -2.52. The summed E-state index contributed by atoms with van der Waals surface area (Å²) in [6, 6.07) is 0.460. The van der Waals surface area contributed by atoms with E-state index in [-0.39, 0.29) is 18.3 Å². The number of fused-ring (bicyclic) bond motifs is 6. The Morgan fingerprint density at radius 2 is 2.00 bits per heavy atom. The van der Waals surface area contributed by atoms with Gasteiger partial charge in [0.05, 0.1) is 24.4 Å². The molecular formula is C30H47NO3. The summed E-state index contributed by atoms with van der Waals surface area (Å²) in [4.78, 5) is 2.55. The molecule has 1 spiro atoms. The molecule has 2 N–H and O–H groups in total. The first-order chi connectivity index (χ1) is 16.3. The molecule has 0 amide bonds. The van der Waals surface area contributed by atoms with Crippen LogP contribution in [0.5, 0.6) is 0 Å². The Hall–Kier alpha value is -0.680. The molecule has 4 fully saturated rings. The molecule has 0 bridgehead atoms. The van der Waals surface area contributed by atoms with E-state index in [0.29, 0.717) is 29.4 Å². The summed E-state index contributed by atoms with van der Waals surface area (Å²) in [5, 5.41) is 20.0. The van der Waals surface area contributed by atoms with Crippen LogP contribution < -0.4 is 0 Å². The lowest BCUT2D eigenvalue weighted by atomic mass is 9.56. The van der Waals surface area contributed by atoms with Crippen LogP contribution in [0.2, 0.25) is 0 Å². The summed E-state index contributed by atoms with van der Waals surface area (Å²) < 4.78 is 7.13. The molecule has 0 aromatic rings. The van der Waals surface area contributed by atoms with Crippen LogP contribution in [0.3, 0.4) is 0 Å². The number of aliphatic hydroxyl groups excluding tert-OH is 2. The Labute approximate surface area is 206 Å². The summed E-state index contributed by atoms with van der Waals surface area (Å²) in [7, 11) is 0. The number of nitrogens with zero attached hydrogens (tertiary/aromatic N) is 1. The zero-order valence-electron chi connectivity index (χ0n) is 21.9. The van der Waals surface area contributed by atoms with Crippen molar-refractivity contribution in [2.75, 3.05) is 19.7 Å². The maximum atomic E-state index is 10.3. The van der Waals surface area contributed by atoms with E-state index in [0.717, 1.165) is 50.1 Å². The first-order valence-electron chi connectivity index (χ1n) is 14.4. The quantitative estimate of drug-likeness (QED) is 0.553. The van der Waals surface area contributed by atoms with E-state index >= 15 is 0 Å². The van der Waals surface area contributed by atoms with E-state index in [1.54, 1.807) is 16.7 Å².